The van der Waals surface area contributed by atoms with Crippen LogP contribution in [0.5, 0.6) is 0 Å². The summed E-state index contributed by atoms with van der Waals surface area (Å²) in [4.78, 5) is 0. The Hall–Kier alpha value is -2.16. The van der Waals surface area contributed by atoms with Crippen molar-refractivity contribution in [1.29, 1.82) is 0 Å². The molecule has 0 atom stereocenters. The average Bonchev–Trinajstić information content (AvgIpc) is 2.79. The Kier molecular flexibility index (Phi) is 6.09. The monoisotopic (exact) mass is 490 g/mol. The van der Waals surface area contributed by atoms with E-state index < -0.39 is 0 Å². The first kappa shape index (κ1) is 19.2. The van der Waals surface area contributed by atoms with Crippen LogP contribution in [-0.2, 0) is 10.7 Å². The zero-order valence-corrected chi connectivity index (χ0v) is 18.6. The van der Waals surface area contributed by atoms with Crippen molar-refractivity contribution in [2.75, 3.05) is 0 Å². The molecule has 0 saturated heterocycles. The van der Waals surface area contributed by atoms with Crippen LogP contribution in [-0.4, -0.2) is 0 Å². The minimum Gasteiger partial charge on any atom is -0.0876 e. The van der Waals surface area contributed by atoms with Crippen molar-refractivity contribution in [3.63, 3.8) is 0 Å². The van der Waals surface area contributed by atoms with E-state index in [-0.39, 0.29) is 0 Å². The maximum Gasteiger partial charge on any atom is 0.0289 e. The molecule has 0 radical (unpaired) electrons. The van der Waals surface area contributed by atoms with Crippen LogP contribution in [0.1, 0.15) is 11.1 Å². The summed E-state index contributed by atoms with van der Waals surface area (Å²) in [5.74, 6) is 0. The SMILES string of the molecule is BrCc1ccccc1-c1ccc(-c2ccc(-c3ccccc3CBr)cc2)cc1. The molecule has 0 nitrogen and oxygen atoms in total. The van der Waals surface area contributed by atoms with E-state index in [1.54, 1.807) is 0 Å². The van der Waals surface area contributed by atoms with Gasteiger partial charge in [0, 0.05) is 10.7 Å². The summed E-state index contributed by atoms with van der Waals surface area (Å²) in [5.41, 5.74) is 10.2. The van der Waals surface area contributed by atoms with E-state index in [1.165, 1.54) is 44.5 Å². The fourth-order valence-electron chi connectivity index (χ4n) is 3.52. The molecule has 0 saturated carbocycles. The van der Waals surface area contributed by atoms with Crippen LogP contribution in [0.3, 0.4) is 0 Å². The normalized spacial score (nSPS) is 10.8. The first-order valence-electron chi connectivity index (χ1n) is 9.29. The van der Waals surface area contributed by atoms with Gasteiger partial charge in [-0.05, 0) is 44.5 Å². The highest BCUT2D eigenvalue weighted by Crippen LogP contribution is 2.30. The van der Waals surface area contributed by atoms with Gasteiger partial charge in [0.05, 0.1) is 0 Å². The molecule has 0 aliphatic carbocycles. The molecule has 0 unspecified atom stereocenters. The lowest BCUT2D eigenvalue weighted by Crippen LogP contribution is -1.87. The van der Waals surface area contributed by atoms with E-state index >= 15 is 0 Å². The lowest BCUT2D eigenvalue weighted by Gasteiger charge is -2.10. The Morgan fingerprint density at radius 2 is 0.714 bits per heavy atom. The van der Waals surface area contributed by atoms with Crippen molar-refractivity contribution >= 4 is 31.9 Å². The van der Waals surface area contributed by atoms with Crippen molar-refractivity contribution in [3.05, 3.63) is 108 Å². The topological polar surface area (TPSA) is 0 Å². The van der Waals surface area contributed by atoms with E-state index in [4.69, 9.17) is 0 Å². The van der Waals surface area contributed by atoms with Crippen molar-refractivity contribution in [2.45, 2.75) is 10.7 Å². The molecule has 4 aromatic carbocycles. The molecular weight excluding hydrogens is 472 g/mol. The summed E-state index contributed by atoms with van der Waals surface area (Å²) >= 11 is 7.18. The van der Waals surface area contributed by atoms with Gasteiger partial charge in [-0.3, -0.25) is 0 Å². The highest BCUT2D eigenvalue weighted by Gasteiger charge is 2.06. The van der Waals surface area contributed by atoms with Gasteiger partial charge in [-0.25, -0.2) is 0 Å². The molecule has 0 fully saturated rings. The van der Waals surface area contributed by atoms with Crippen molar-refractivity contribution in [3.8, 4) is 33.4 Å². The Morgan fingerprint density at radius 3 is 1.07 bits per heavy atom. The molecule has 138 valence electrons. The predicted octanol–water partition coefficient (Wildman–Crippen LogP) is 8.48. The van der Waals surface area contributed by atoms with E-state index in [0.29, 0.717) is 0 Å². The Morgan fingerprint density at radius 1 is 0.393 bits per heavy atom. The molecule has 0 aromatic heterocycles. The molecule has 2 heteroatoms. The Bertz CT molecular complexity index is 975. The fourth-order valence-corrected chi connectivity index (χ4v) is 4.50. The molecule has 0 heterocycles. The maximum absolute atomic E-state index is 3.59. The van der Waals surface area contributed by atoms with Crippen LogP contribution < -0.4 is 0 Å². The molecule has 28 heavy (non-hydrogen) atoms. The summed E-state index contributed by atoms with van der Waals surface area (Å²) in [6.45, 7) is 0. The average molecular weight is 492 g/mol. The first-order chi connectivity index (χ1) is 13.8. The number of hydrogen-bond donors (Lipinski definition) is 0. The summed E-state index contributed by atoms with van der Waals surface area (Å²) in [6, 6.07) is 34.8. The van der Waals surface area contributed by atoms with Crippen LogP contribution in [0.25, 0.3) is 33.4 Å². The van der Waals surface area contributed by atoms with Gasteiger partial charge >= 0.3 is 0 Å². The molecule has 0 spiro atoms. The third-order valence-electron chi connectivity index (χ3n) is 5.05. The van der Waals surface area contributed by atoms with Crippen LogP contribution in [0.15, 0.2) is 97.1 Å². The molecule has 0 amide bonds. The molecule has 4 aromatic rings. The van der Waals surface area contributed by atoms with Crippen molar-refractivity contribution < 1.29 is 0 Å². The van der Waals surface area contributed by atoms with Gasteiger partial charge in [0.25, 0.3) is 0 Å². The van der Waals surface area contributed by atoms with Crippen molar-refractivity contribution in [2.24, 2.45) is 0 Å². The first-order valence-corrected chi connectivity index (χ1v) is 11.5. The summed E-state index contributed by atoms with van der Waals surface area (Å²) < 4.78 is 0. The second-order valence-electron chi connectivity index (χ2n) is 6.74. The van der Waals surface area contributed by atoms with Gasteiger partial charge in [-0.2, -0.15) is 0 Å². The molecule has 0 aliphatic rings. The number of rotatable bonds is 5. The summed E-state index contributed by atoms with van der Waals surface area (Å²) in [5, 5.41) is 1.73. The Balaban J connectivity index is 1.62. The smallest absolute Gasteiger partial charge is 0.0289 e. The predicted molar refractivity (Wildman–Crippen MR) is 128 cm³/mol. The van der Waals surface area contributed by atoms with Crippen LogP contribution in [0.4, 0.5) is 0 Å². The van der Waals surface area contributed by atoms with Gasteiger partial charge in [0.15, 0.2) is 0 Å². The second-order valence-corrected chi connectivity index (χ2v) is 7.86. The molecule has 0 aliphatic heterocycles. The van der Waals surface area contributed by atoms with E-state index in [2.05, 4.69) is 129 Å². The summed E-state index contributed by atoms with van der Waals surface area (Å²) in [7, 11) is 0. The largest absolute Gasteiger partial charge is 0.0876 e. The van der Waals surface area contributed by atoms with Crippen LogP contribution in [0, 0.1) is 0 Å². The quantitative estimate of drug-likeness (QED) is 0.245. The third kappa shape index (κ3) is 3.99. The lowest BCUT2D eigenvalue weighted by atomic mass is 9.95. The van der Waals surface area contributed by atoms with Crippen molar-refractivity contribution in [1.82, 2.24) is 0 Å². The minimum atomic E-state index is 0.863. The van der Waals surface area contributed by atoms with Gasteiger partial charge < -0.3 is 0 Å². The van der Waals surface area contributed by atoms with E-state index in [1.807, 2.05) is 0 Å². The van der Waals surface area contributed by atoms with Crippen LogP contribution >= 0.6 is 31.9 Å². The maximum atomic E-state index is 3.59. The molecule has 4 rings (SSSR count). The molecule has 0 bridgehead atoms. The minimum absolute atomic E-state index is 0.863. The zero-order valence-electron chi connectivity index (χ0n) is 15.4. The number of alkyl halides is 2. The second kappa shape index (κ2) is 8.89. The third-order valence-corrected chi connectivity index (χ3v) is 6.26. The lowest BCUT2D eigenvalue weighted by molar-refractivity contribution is 1.42. The van der Waals surface area contributed by atoms with Crippen LogP contribution in [0.2, 0.25) is 0 Å². The zero-order chi connectivity index (χ0) is 19.3. The molecular formula is C26H20Br2. The number of benzene rings is 4. The van der Waals surface area contributed by atoms with Gasteiger partial charge in [0.2, 0.25) is 0 Å². The number of halogens is 2. The molecule has 0 N–H and O–H groups in total. The standard InChI is InChI=1S/C26H20Br2/c27-17-23-5-1-3-7-25(23)21-13-9-19(10-14-21)20-11-15-22(16-12-20)26-8-4-2-6-24(26)18-28/h1-16H,17-18H2. The summed E-state index contributed by atoms with van der Waals surface area (Å²) in [6.07, 6.45) is 0. The van der Waals surface area contributed by atoms with Gasteiger partial charge in [-0.15, -0.1) is 0 Å². The fraction of sp³-hybridized carbons (Fsp3) is 0.0769. The Labute approximate surface area is 183 Å². The highest BCUT2D eigenvalue weighted by molar-refractivity contribution is 9.08. The number of hydrogen-bond acceptors (Lipinski definition) is 0. The van der Waals surface area contributed by atoms with Gasteiger partial charge in [-0.1, -0.05) is 129 Å². The van der Waals surface area contributed by atoms with E-state index in [9.17, 15) is 0 Å². The van der Waals surface area contributed by atoms with Gasteiger partial charge in [0.1, 0.15) is 0 Å². The highest BCUT2D eigenvalue weighted by atomic mass is 79.9. The van der Waals surface area contributed by atoms with E-state index in [0.717, 1.165) is 10.7 Å².